The molecule has 0 aliphatic carbocycles. The first kappa shape index (κ1) is 14.7. The Bertz CT molecular complexity index is 499. The normalized spacial score (nSPS) is 11.8. The van der Waals surface area contributed by atoms with Gasteiger partial charge in [-0.15, -0.1) is 0 Å². The standard InChI is InChI=1S/C12H13NO6/c14-10(15)5-9(12(18)19)13-6-7-3-1-2-4-8(7)11(16)17/h1-4,9,13H,5-6H2,(H,14,15)(H,16,17)(H,18,19)/t9-/m0/s1. The van der Waals surface area contributed by atoms with E-state index in [1.165, 1.54) is 12.1 Å². The number of aliphatic carboxylic acids is 2. The quantitative estimate of drug-likeness (QED) is 0.563. The third-order valence-corrected chi connectivity index (χ3v) is 2.46. The van der Waals surface area contributed by atoms with E-state index in [1.54, 1.807) is 12.1 Å². The van der Waals surface area contributed by atoms with Crippen molar-refractivity contribution >= 4 is 17.9 Å². The summed E-state index contributed by atoms with van der Waals surface area (Å²) in [5.74, 6) is -3.66. The summed E-state index contributed by atoms with van der Waals surface area (Å²) in [6, 6.07) is 4.84. The first-order valence-electron chi connectivity index (χ1n) is 5.41. The van der Waals surface area contributed by atoms with Gasteiger partial charge in [0.25, 0.3) is 0 Å². The van der Waals surface area contributed by atoms with E-state index in [0.29, 0.717) is 5.56 Å². The summed E-state index contributed by atoms with van der Waals surface area (Å²) in [5, 5.41) is 28.9. The van der Waals surface area contributed by atoms with E-state index in [9.17, 15) is 14.4 Å². The fraction of sp³-hybridized carbons (Fsp3) is 0.250. The first-order chi connectivity index (χ1) is 8.91. The summed E-state index contributed by atoms with van der Waals surface area (Å²) in [7, 11) is 0. The number of hydrogen-bond acceptors (Lipinski definition) is 4. The fourth-order valence-electron chi connectivity index (χ4n) is 1.54. The highest BCUT2D eigenvalue weighted by atomic mass is 16.4. The van der Waals surface area contributed by atoms with Crippen molar-refractivity contribution in [3.8, 4) is 0 Å². The third-order valence-electron chi connectivity index (χ3n) is 2.46. The molecular weight excluding hydrogens is 254 g/mol. The van der Waals surface area contributed by atoms with Crippen LogP contribution in [0.4, 0.5) is 0 Å². The van der Waals surface area contributed by atoms with Crippen molar-refractivity contribution < 1.29 is 29.7 Å². The molecule has 4 N–H and O–H groups in total. The smallest absolute Gasteiger partial charge is 0.336 e. The summed E-state index contributed by atoms with van der Waals surface area (Å²) in [4.78, 5) is 32.3. The molecule has 1 rings (SSSR count). The lowest BCUT2D eigenvalue weighted by atomic mass is 10.1. The van der Waals surface area contributed by atoms with Gasteiger partial charge >= 0.3 is 17.9 Å². The number of aromatic carboxylic acids is 1. The zero-order valence-corrected chi connectivity index (χ0v) is 9.87. The molecule has 0 bridgehead atoms. The van der Waals surface area contributed by atoms with Gasteiger partial charge in [-0.2, -0.15) is 0 Å². The minimum Gasteiger partial charge on any atom is -0.481 e. The summed E-state index contributed by atoms with van der Waals surface area (Å²) in [6.07, 6.45) is -0.579. The molecule has 102 valence electrons. The van der Waals surface area contributed by atoms with E-state index in [2.05, 4.69) is 5.32 Å². The van der Waals surface area contributed by atoms with E-state index in [1.807, 2.05) is 0 Å². The molecule has 7 nitrogen and oxygen atoms in total. The highest BCUT2D eigenvalue weighted by Crippen LogP contribution is 2.09. The predicted octanol–water partition coefficient (Wildman–Crippen LogP) is 0.402. The van der Waals surface area contributed by atoms with Gasteiger partial charge in [-0.05, 0) is 11.6 Å². The van der Waals surface area contributed by atoms with Crippen molar-refractivity contribution in [3.05, 3.63) is 35.4 Å². The molecular formula is C12H13NO6. The maximum Gasteiger partial charge on any atom is 0.336 e. The molecule has 0 heterocycles. The van der Waals surface area contributed by atoms with Gasteiger partial charge in [0, 0.05) is 6.54 Å². The number of carboxylic acids is 3. The van der Waals surface area contributed by atoms with Gasteiger partial charge < -0.3 is 15.3 Å². The van der Waals surface area contributed by atoms with Crippen LogP contribution in [0, 0.1) is 0 Å². The van der Waals surface area contributed by atoms with E-state index in [4.69, 9.17) is 15.3 Å². The molecule has 0 aromatic heterocycles. The fourth-order valence-corrected chi connectivity index (χ4v) is 1.54. The second kappa shape index (κ2) is 6.50. The average Bonchev–Trinajstić information content (AvgIpc) is 2.34. The van der Waals surface area contributed by atoms with E-state index in [0.717, 1.165) is 0 Å². The second-order valence-corrected chi connectivity index (χ2v) is 3.83. The lowest BCUT2D eigenvalue weighted by Gasteiger charge is -2.13. The molecule has 0 fully saturated rings. The van der Waals surface area contributed by atoms with Crippen LogP contribution in [0.3, 0.4) is 0 Å². The molecule has 0 amide bonds. The summed E-state index contributed by atoms with van der Waals surface area (Å²) in [5.41, 5.74) is 0.445. The monoisotopic (exact) mass is 267 g/mol. The van der Waals surface area contributed by atoms with Crippen molar-refractivity contribution in [1.29, 1.82) is 0 Å². The third kappa shape index (κ3) is 4.40. The number of hydrogen-bond donors (Lipinski definition) is 4. The zero-order valence-electron chi connectivity index (χ0n) is 9.87. The zero-order chi connectivity index (χ0) is 14.4. The Morgan fingerprint density at radius 3 is 2.26 bits per heavy atom. The molecule has 0 saturated heterocycles. The topological polar surface area (TPSA) is 124 Å². The van der Waals surface area contributed by atoms with E-state index in [-0.39, 0.29) is 12.1 Å². The van der Waals surface area contributed by atoms with Crippen molar-refractivity contribution in [1.82, 2.24) is 5.32 Å². The summed E-state index contributed by atoms with van der Waals surface area (Å²) < 4.78 is 0. The number of carbonyl (C=O) groups is 3. The molecule has 19 heavy (non-hydrogen) atoms. The second-order valence-electron chi connectivity index (χ2n) is 3.83. The van der Waals surface area contributed by atoms with Crippen LogP contribution in [0.1, 0.15) is 22.3 Å². The Labute approximate surface area is 108 Å². The molecule has 1 aromatic carbocycles. The minimum absolute atomic E-state index is 0.0350. The summed E-state index contributed by atoms with van der Waals surface area (Å²) >= 11 is 0. The SMILES string of the molecule is O=C(O)C[C@H](NCc1ccccc1C(=O)O)C(=O)O. The Morgan fingerprint density at radius 2 is 1.74 bits per heavy atom. The Hall–Kier alpha value is -2.41. The molecule has 7 heteroatoms. The molecule has 0 aliphatic heterocycles. The number of rotatable bonds is 7. The number of benzene rings is 1. The number of carboxylic acid groups (broad SMARTS) is 3. The molecule has 1 atom stereocenters. The average molecular weight is 267 g/mol. The highest BCUT2D eigenvalue weighted by molar-refractivity contribution is 5.89. The van der Waals surface area contributed by atoms with Gasteiger partial charge in [0.15, 0.2) is 0 Å². The first-order valence-corrected chi connectivity index (χ1v) is 5.41. The van der Waals surface area contributed by atoms with Gasteiger partial charge in [0.1, 0.15) is 6.04 Å². The van der Waals surface area contributed by atoms with Crippen LogP contribution in [-0.2, 0) is 16.1 Å². The minimum atomic E-state index is -1.30. The van der Waals surface area contributed by atoms with Crippen LogP contribution in [-0.4, -0.2) is 39.3 Å². The van der Waals surface area contributed by atoms with Gasteiger partial charge in [-0.25, -0.2) is 4.79 Å². The highest BCUT2D eigenvalue weighted by Gasteiger charge is 2.21. The van der Waals surface area contributed by atoms with Crippen LogP contribution in [0.15, 0.2) is 24.3 Å². The van der Waals surface area contributed by atoms with Crippen LogP contribution in [0.25, 0.3) is 0 Å². The Kier molecular flexibility index (Phi) is 5.01. The molecule has 1 aromatic rings. The Balaban J connectivity index is 2.77. The van der Waals surface area contributed by atoms with Gasteiger partial charge in [0.2, 0.25) is 0 Å². The largest absolute Gasteiger partial charge is 0.481 e. The molecule has 0 saturated carbocycles. The molecule has 0 radical (unpaired) electrons. The van der Waals surface area contributed by atoms with Crippen molar-refractivity contribution in [2.75, 3.05) is 0 Å². The van der Waals surface area contributed by atoms with Gasteiger partial charge in [-0.3, -0.25) is 14.9 Å². The van der Waals surface area contributed by atoms with E-state index < -0.39 is 30.4 Å². The van der Waals surface area contributed by atoms with Crippen molar-refractivity contribution in [3.63, 3.8) is 0 Å². The van der Waals surface area contributed by atoms with Crippen LogP contribution < -0.4 is 5.32 Å². The Morgan fingerprint density at radius 1 is 1.11 bits per heavy atom. The lowest BCUT2D eigenvalue weighted by Crippen LogP contribution is -2.38. The maximum absolute atomic E-state index is 10.9. The van der Waals surface area contributed by atoms with Crippen LogP contribution in [0.2, 0.25) is 0 Å². The maximum atomic E-state index is 10.9. The molecule has 0 spiro atoms. The lowest BCUT2D eigenvalue weighted by molar-refractivity contribution is -0.146. The summed E-state index contributed by atoms with van der Waals surface area (Å²) in [6.45, 7) is -0.0350. The van der Waals surface area contributed by atoms with Crippen LogP contribution >= 0.6 is 0 Å². The predicted molar refractivity (Wildman–Crippen MR) is 63.9 cm³/mol. The van der Waals surface area contributed by atoms with Gasteiger partial charge in [-0.1, -0.05) is 18.2 Å². The van der Waals surface area contributed by atoms with Crippen LogP contribution in [0.5, 0.6) is 0 Å². The number of nitrogens with one attached hydrogen (secondary N) is 1. The van der Waals surface area contributed by atoms with E-state index >= 15 is 0 Å². The van der Waals surface area contributed by atoms with Gasteiger partial charge in [0.05, 0.1) is 12.0 Å². The molecule has 0 aliphatic rings. The molecule has 0 unspecified atom stereocenters. The van der Waals surface area contributed by atoms with Crippen molar-refractivity contribution in [2.24, 2.45) is 0 Å². The van der Waals surface area contributed by atoms with Crippen molar-refractivity contribution in [2.45, 2.75) is 19.0 Å².